The Bertz CT molecular complexity index is 742. The second kappa shape index (κ2) is 9.72. The fourth-order valence-electron chi connectivity index (χ4n) is 3.55. The lowest BCUT2D eigenvalue weighted by Crippen LogP contribution is -2.38. The highest BCUT2D eigenvalue weighted by Gasteiger charge is 2.22. The van der Waals surface area contributed by atoms with Gasteiger partial charge < -0.3 is 10.6 Å². The number of amides is 1. The van der Waals surface area contributed by atoms with Crippen LogP contribution in [0.25, 0.3) is 0 Å². The molecule has 2 heterocycles. The quantitative estimate of drug-likeness (QED) is 0.783. The van der Waals surface area contributed by atoms with Gasteiger partial charge in [-0.05, 0) is 55.8 Å². The highest BCUT2D eigenvalue weighted by molar-refractivity contribution is 6.30. The van der Waals surface area contributed by atoms with Gasteiger partial charge in [0.1, 0.15) is 5.82 Å². The van der Waals surface area contributed by atoms with Crippen molar-refractivity contribution in [2.75, 3.05) is 32.0 Å². The molecule has 1 aromatic carbocycles. The summed E-state index contributed by atoms with van der Waals surface area (Å²) in [4.78, 5) is 19.3. The van der Waals surface area contributed by atoms with Gasteiger partial charge in [0, 0.05) is 30.4 Å². The number of nitrogens with one attached hydrogen (secondary N) is 2. The average Bonchev–Trinajstić information content (AvgIpc) is 2.99. The molecule has 1 saturated heterocycles. The van der Waals surface area contributed by atoms with E-state index in [0.29, 0.717) is 17.9 Å². The fraction of sp³-hybridized carbons (Fsp3) is 0.429. The zero-order valence-corrected chi connectivity index (χ0v) is 16.5. The predicted octanol–water partition coefficient (Wildman–Crippen LogP) is 4.12. The molecule has 0 aliphatic carbocycles. The Hall–Kier alpha value is -2.11. The van der Waals surface area contributed by atoms with E-state index in [2.05, 4.69) is 32.7 Å². The number of hydrogen-bond acceptors (Lipinski definition) is 4. The van der Waals surface area contributed by atoms with E-state index in [4.69, 9.17) is 11.6 Å². The van der Waals surface area contributed by atoms with Gasteiger partial charge in [0.25, 0.3) is 5.91 Å². The third-order valence-corrected chi connectivity index (χ3v) is 5.32. The molecule has 2 N–H and O–H groups in total. The number of carbonyl (C=O) groups is 1. The molecule has 1 atom stereocenters. The Kier molecular flexibility index (Phi) is 7.07. The summed E-state index contributed by atoms with van der Waals surface area (Å²) in [5.74, 6) is 0.604. The maximum absolute atomic E-state index is 12.6. The van der Waals surface area contributed by atoms with Crippen LogP contribution in [0.15, 0.2) is 42.6 Å². The normalized spacial score (nSPS) is 16.4. The van der Waals surface area contributed by atoms with Crippen LogP contribution in [0.1, 0.15) is 47.6 Å². The highest BCUT2D eigenvalue weighted by atomic mass is 35.5. The monoisotopic (exact) mass is 386 g/mol. The van der Waals surface area contributed by atoms with Crippen molar-refractivity contribution in [3.05, 3.63) is 58.7 Å². The number of anilines is 1. The number of aromatic nitrogens is 1. The summed E-state index contributed by atoms with van der Waals surface area (Å²) < 4.78 is 0. The lowest BCUT2D eigenvalue weighted by atomic mass is 10.0. The third kappa shape index (κ3) is 5.44. The van der Waals surface area contributed by atoms with Crippen LogP contribution in [0.2, 0.25) is 5.02 Å². The standard InChI is InChI=1S/C21H27ClN4O/c1-23-20-14-17(10-11-24-20)21(27)25-15-19(16-6-8-18(22)9-7-16)26-12-4-2-3-5-13-26/h6-11,14,19H,2-5,12-13,15H2,1H3,(H,23,24)(H,25,27)/t19-/m1/s1. The Morgan fingerprint density at radius 3 is 2.52 bits per heavy atom. The van der Waals surface area contributed by atoms with E-state index in [1.54, 1.807) is 25.4 Å². The maximum Gasteiger partial charge on any atom is 0.251 e. The number of rotatable bonds is 6. The lowest BCUT2D eigenvalue weighted by Gasteiger charge is -2.31. The van der Waals surface area contributed by atoms with Gasteiger partial charge in [-0.1, -0.05) is 36.6 Å². The molecule has 0 bridgehead atoms. The van der Waals surface area contributed by atoms with Crippen molar-refractivity contribution in [1.82, 2.24) is 15.2 Å². The predicted molar refractivity (Wildman–Crippen MR) is 110 cm³/mol. The third-order valence-electron chi connectivity index (χ3n) is 5.07. The zero-order chi connectivity index (χ0) is 19.1. The number of pyridine rings is 1. The van der Waals surface area contributed by atoms with Crippen molar-refractivity contribution in [2.45, 2.75) is 31.7 Å². The van der Waals surface area contributed by atoms with Gasteiger partial charge >= 0.3 is 0 Å². The smallest absolute Gasteiger partial charge is 0.251 e. The molecule has 0 unspecified atom stereocenters. The SMILES string of the molecule is CNc1cc(C(=O)NC[C@H](c2ccc(Cl)cc2)N2CCCCCC2)ccn1. The molecule has 1 aliphatic heterocycles. The van der Waals surface area contributed by atoms with E-state index < -0.39 is 0 Å². The van der Waals surface area contributed by atoms with Gasteiger partial charge in [-0.3, -0.25) is 9.69 Å². The minimum absolute atomic E-state index is 0.0808. The second-order valence-electron chi connectivity index (χ2n) is 6.91. The first-order chi connectivity index (χ1) is 13.2. The van der Waals surface area contributed by atoms with E-state index in [1.165, 1.54) is 31.2 Å². The van der Waals surface area contributed by atoms with E-state index in [0.717, 1.165) is 18.1 Å². The summed E-state index contributed by atoms with van der Waals surface area (Å²) in [6, 6.07) is 11.6. The Labute approximate surface area is 166 Å². The molecule has 2 aromatic rings. The van der Waals surface area contributed by atoms with Crippen LogP contribution in [0, 0.1) is 0 Å². The van der Waals surface area contributed by atoms with Gasteiger partial charge in [0.2, 0.25) is 0 Å². The Balaban J connectivity index is 1.74. The van der Waals surface area contributed by atoms with E-state index >= 15 is 0 Å². The molecule has 6 heteroatoms. The van der Waals surface area contributed by atoms with Gasteiger partial charge in [0.05, 0.1) is 6.04 Å². The van der Waals surface area contributed by atoms with Gasteiger partial charge in [-0.25, -0.2) is 4.98 Å². The number of likely N-dealkylation sites (tertiary alicyclic amines) is 1. The van der Waals surface area contributed by atoms with Crippen molar-refractivity contribution in [3.63, 3.8) is 0 Å². The number of hydrogen-bond donors (Lipinski definition) is 2. The molecular weight excluding hydrogens is 360 g/mol. The highest BCUT2D eigenvalue weighted by Crippen LogP contribution is 2.25. The molecule has 0 radical (unpaired) electrons. The van der Waals surface area contributed by atoms with Crippen molar-refractivity contribution in [2.24, 2.45) is 0 Å². The first-order valence-corrected chi connectivity index (χ1v) is 9.96. The molecule has 1 fully saturated rings. The van der Waals surface area contributed by atoms with Crippen molar-refractivity contribution in [1.29, 1.82) is 0 Å². The molecule has 1 aromatic heterocycles. The minimum atomic E-state index is -0.0808. The zero-order valence-electron chi connectivity index (χ0n) is 15.7. The van der Waals surface area contributed by atoms with E-state index in [1.807, 2.05) is 12.1 Å². The molecule has 3 rings (SSSR count). The maximum atomic E-state index is 12.6. The molecule has 0 saturated carbocycles. The first kappa shape index (κ1) is 19.6. The van der Waals surface area contributed by atoms with Crippen molar-refractivity contribution in [3.8, 4) is 0 Å². The summed E-state index contributed by atoms with van der Waals surface area (Å²) in [5.41, 5.74) is 1.80. The lowest BCUT2D eigenvalue weighted by molar-refractivity contribution is 0.0933. The minimum Gasteiger partial charge on any atom is -0.373 e. The van der Waals surface area contributed by atoms with Crippen LogP contribution in [0.4, 0.5) is 5.82 Å². The molecule has 1 aliphatic rings. The molecule has 1 amide bonds. The Morgan fingerprint density at radius 2 is 1.85 bits per heavy atom. The summed E-state index contributed by atoms with van der Waals surface area (Å²) in [7, 11) is 1.79. The summed E-state index contributed by atoms with van der Waals surface area (Å²) in [6.07, 6.45) is 6.61. The molecule has 144 valence electrons. The van der Waals surface area contributed by atoms with Crippen LogP contribution in [-0.2, 0) is 0 Å². The van der Waals surface area contributed by atoms with Crippen molar-refractivity contribution < 1.29 is 4.79 Å². The summed E-state index contributed by atoms with van der Waals surface area (Å²) in [5, 5.41) is 6.81. The molecule has 27 heavy (non-hydrogen) atoms. The van der Waals surface area contributed by atoms with Crippen molar-refractivity contribution >= 4 is 23.3 Å². The van der Waals surface area contributed by atoms with Crippen LogP contribution < -0.4 is 10.6 Å². The Morgan fingerprint density at radius 1 is 1.15 bits per heavy atom. The van der Waals surface area contributed by atoms with E-state index in [9.17, 15) is 4.79 Å². The number of benzene rings is 1. The summed E-state index contributed by atoms with van der Waals surface area (Å²) in [6.45, 7) is 2.68. The van der Waals surface area contributed by atoms with Crippen LogP contribution in [0.3, 0.4) is 0 Å². The molecule has 5 nitrogen and oxygen atoms in total. The molecular formula is C21H27ClN4O. The number of nitrogens with zero attached hydrogens (tertiary/aromatic N) is 2. The largest absolute Gasteiger partial charge is 0.373 e. The van der Waals surface area contributed by atoms with E-state index in [-0.39, 0.29) is 11.9 Å². The van der Waals surface area contributed by atoms with Crippen LogP contribution >= 0.6 is 11.6 Å². The molecule has 0 spiro atoms. The first-order valence-electron chi connectivity index (χ1n) is 9.59. The van der Waals surface area contributed by atoms with Gasteiger partial charge in [-0.15, -0.1) is 0 Å². The fourth-order valence-corrected chi connectivity index (χ4v) is 3.68. The average molecular weight is 387 g/mol. The number of halogens is 1. The topological polar surface area (TPSA) is 57.3 Å². The van der Waals surface area contributed by atoms with Gasteiger partial charge in [0.15, 0.2) is 0 Å². The number of carbonyl (C=O) groups excluding carboxylic acids is 1. The van der Waals surface area contributed by atoms with Crippen LogP contribution in [-0.4, -0.2) is 42.5 Å². The van der Waals surface area contributed by atoms with Crippen LogP contribution in [0.5, 0.6) is 0 Å². The summed E-state index contributed by atoms with van der Waals surface area (Å²) >= 11 is 6.07. The second-order valence-corrected chi connectivity index (χ2v) is 7.34. The van der Waals surface area contributed by atoms with Gasteiger partial charge in [-0.2, -0.15) is 0 Å².